The van der Waals surface area contributed by atoms with Crippen molar-refractivity contribution >= 4 is 17.4 Å². The summed E-state index contributed by atoms with van der Waals surface area (Å²) in [5, 5.41) is 8.33. The molecule has 0 radical (unpaired) electrons. The van der Waals surface area contributed by atoms with Crippen LogP contribution in [-0.4, -0.2) is 28.4 Å². The molecule has 3 rings (SSSR count). The molecule has 0 bridgehead atoms. The van der Waals surface area contributed by atoms with Gasteiger partial charge in [0.25, 0.3) is 0 Å². The van der Waals surface area contributed by atoms with Crippen molar-refractivity contribution in [2.75, 3.05) is 19.1 Å². The summed E-state index contributed by atoms with van der Waals surface area (Å²) in [5.74, 6) is 0.837. The highest BCUT2D eigenvalue weighted by atomic mass is 32.2. The van der Waals surface area contributed by atoms with Gasteiger partial charge in [0, 0.05) is 22.2 Å². The number of aromatic nitrogens is 3. The highest BCUT2D eigenvalue weighted by Gasteiger charge is 2.13. The number of hydrogen-bond acceptors (Lipinski definition) is 5. The molecule has 0 atom stereocenters. The fourth-order valence-corrected chi connectivity index (χ4v) is 3.16. The molecule has 0 unspecified atom stereocenters. The van der Waals surface area contributed by atoms with Gasteiger partial charge in [-0.1, -0.05) is 11.3 Å². The molecule has 124 valence electrons. The number of nitrogens with two attached hydrogens (primary N) is 1. The Kier molecular flexibility index (Phi) is 4.49. The van der Waals surface area contributed by atoms with Crippen LogP contribution in [0.1, 0.15) is 11.1 Å². The van der Waals surface area contributed by atoms with E-state index in [0.29, 0.717) is 0 Å². The first kappa shape index (κ1) is 16.4. The van der Waals surface area contributed by atoms with Crippen LogP contribution < -0.4 is 10.5 Å². The molecular weight excluding hydrogens is 320 g/mol. The molecule has 0 fully saturated rings. The number of hydrogen-bond donors (Lipinski definition) is 1. The zero-order valence-corrected chi connectivity index (χ0v) is 15.0. The molecule has 2 N–H and O–H groups in total. The minimum atomic E-state index is 0.755. The number of methoxy groups -OCH3 is 1. The van der Waals surface area contributed by atoms with E-state index in [0.717, 1.165) is 44.4 Å². The van der Waals surface area contributed by atoms with Crippen LogP contribution >= 0.6 is 11.8 Å². The number of benzene rings is 2. The Balaban J connectivity index is 2.12. The van der Waals surface area contributed by atoms with Gasteiger partial charge in [0.1, 0.15) is 5.75 Å². The molecule has 5 nitrogen and oxygen atoms in total. The van der Waals surface area contributed by atoms with Gasteiger partial charge in [-0.25, -0.2) is 4.68 Å². The second-order valence-electron chi connectivity index (χ2n) is 5.58. The fourth-order valence-electron chi connectivity index (χ4n) is 2.66. The first-order valence-corrected chi connectivity index (χ1v) is 8.77. The smallest absolute Gasteiger partial charge is 0.124 e. The molecule has 3 aromatic rings. The molecule has 0 saturated heterocycles. The maximum absolute atomic E-state index is 6.13. The van der Waals surface area contributed by atoms with Gasteiger partial charge in [0.2, 0.25) is 0 Å². The van der Waals surface area contributed by atoms with Crippen LogP contribution in [0.25, 0.3) is 16.9 Å². The minimum absolute atomic E-state index is 0.755. The third kappa shape index (κ3) is 2.85. The van der Waals surface area contributed by atoms with Crippen molar-refractivity contribution in [2.24, 2.45) is 0 Å². The molecule has 0 saturated carbocycles. The summed E-state index contributed by atoms with van der Waals surface area (Å²) < 4.78 is 7.28. The van der Waals surface area contributed by atoms with Gasteiger partial charge in [-0.15, -0.1) is 16.9 Å². The Labute approximate surface area is 145 Å². The SMILES string of the molecule is COc1cc(-n2nncc2-c2ccc(SC)c(N)c2)cc(C)c1C. The second kappa shape index (κ2) is 6.57. The lowest BCUT2D eigenvalue weighted by molar-refractivity contribution is 0.411. The predicted molar refractivity (Wildman–Crippen MR) is 99.0 cm³/mol. The molecule has 0 aliphatic carbocycles. The van der Waals surface area contributed by atoms with Crippen LogP contribution in [0.4, 0.5) is 5.69 Å². The zero-order chi connectivity index (χ0) is 17.3. The summed E-state index contributed by atoms with van der Waals surface area (Å²) in [7, 11) is 1.68. The highest BCUT2D eigenvalue weighted by molar-refractivity contribution is 7.98. The van der Waals surface area contributed by atoms with E-state index in [1.165, 1.54) is 0 Å². The lowest BCUT2D eigenvalue weighted by atomic mass is 10.1. The number of nitrogens with zero attached hydrogens (tertiary/aromatic N) is 3. The number of rotatable bonds is 4. The zero-order valence-electron chi connectivity index (χ0n) is 14.2. The number of nitrogen functional groups attached to an aromatic ring is 1. The molecule has 2 aromatic carbocycles. The van der Waals surface area contributed by atoms with Gasteiger partial charge >= 0.3 is 0 Å². The predicted octanol–water partition coefficient (Wildman–Crippen LogP) is 3.86. The standard InChI is InChI=1S/C18H20N4OS/c1-11-7-14(9-17(23-3)12(11)2)22-16(10-20-21-22)13-5-6-18(24-4)15(19)8-13/h5-10H,19H2,1-4H3. The van der Waals surface area contributed by atoms with Crippen molar-refractivity contribution in [2.45, 2.75) is 18.7 Å². The van der Waals surface area contributed by atoms with E-state index in [2.05, 4.69) is 23.3 Å². The summed E-state index contributed by atoms with van der Waals surface area (Å²) in [5.41, 5.74) is 11.9. The summed E-state index contributed by atoms with van der Waals surface area (Å²) in [6.07, 6.45) is 3.76. The molecule has 0 aliphatic heterocycles. The van der Waals surface area contributed by atoms with Crippen LogP contribution in [0.3, 0.4) is 0 Å². The van der Waals surface area contributed by atoms with Crippen molar-refractivity contribution in [1.82, 2.24) is 15.0 Å². The summed E-state index contributed by atoms with van der Waals surface area (Å²) >= 11 is 1.63. The molecule has 0 spiro atoms. The average molecular weight is 340 g/mol. The molecule has 0 amide bonds. The van der Waals surface area contributed by atoms with Crippen molar-refractivity contribution < 1.29 is 4.74 Å². The van der Waals surface area contributed by atoms with Gasteiger partial charge in [0.15, 0.2) is 0 Å². The number of aryl methyl sites for hydroxylation is 1. The van der Waals surface area contributed by atoms with Crippen molar-refractivity contribution in [3.63, 3.8) is 0 Å². The molecule has 24 heavy (non-hydrogen) atoms. The van der Waals surface area contributed by atoms with E-state index >= 15 is 0 Å². The average Bonchev–Trinajstić information content (AvgIpc) is 3.06. The number of thioether (sulfide) groups is 1. The number of anilines is 1. The van der Waals surface area contributed by atoms with Gasteiger partial charge < -0.3 is 10.5 Å². The van der Waals surface area contributed by atoms with Crippen molar-refractivity contribution in [1.29, 1.82) is 0 Å². The van der Waals surface area contributed by atoms with E-state index < -0.39 is 0 Å². The van der Waals surface area contributed by atoms with Gasteiger partial charge in [0.05, 0.1) is 24.7 Å². The Hall–Kier alpha value is -2.47. The van der Waals surface area contributed by atoms with E-state index in [9.17, 15) is 0 Å². The van der Waals surface area contributed by atoms with Gasteiger partial charge in [-0.05, 0) is 49.4 Å². The monoisotopic (exact) mass is 340 g/mol. The van der Waals surface area contributed by atoms with Crippen LogP contribution in [0.15, 0.2) is 41.4 Å². The summed E-state index contributed by atoms with van der Waals surface area (Å²) in [6, 6.07) is 10.1. The number of ether oxygens (including phenoxy) is 1. The fraction of sp³-hybridized carbons (Fsp3) is 0.222. The molecular formula is C18H20N4OS. The maximum atomic E-state index is 6.13. The van der Waals surface area contributed by atoms with Crippen molar-refractivity contribution in [3.8, 4) is 22.7 Å². The van der Waals surface area contributed by atoms with Crippen molar-refractivity contribution in [3.05, 3.63) is 47.7 Å². The van der Waals surface area contributed by atoms with Crippen LogP contribution in [-0.2, 0) is 0 Å². The Morgan fingerprint density at radius 3 is 2.62 bits per heavy atom. The topological polar surface area (TPSA) is 66.0 Å². The minimum Gasteiger partial charge on any atom is -0.496 e. The maximum Gasteiger partial charge on any atom is 0.124 e. The highest BCUT2D eigenvalue weighted by Crippen LogP contribution is 2.31. The molecule has 0 aliphatic rings. The first-order chi connectivity index (χ1) is 11.5. The molecule has 1 aromatic heterocycles. The summed E-state index contributed by atoms with van der Waals surface area (Å²) in [4.78, 5) is 1.06. The lowest BCUT2D eigenvalue weighted by Gasteiger charge is -2.13. The second-order valence-corrected chi connectivity index (χ2v) is 6.43. The Morgan fingerprint density at radius 2 is 1.96 bits per heavy atom. The Bertz CT molecular complexity index is 889. The van der Waals surface area contributed by atoms with Crippen LogP contribution in [0.5, 0.6) is 5.75 Å². The van der Waals surface area contributed by atoms with E-state index in [1.807, 2.05) is 42.1 Å². The van der Waals surface area contributed by atoms with Gasteiger partial charge in [-0.2, -0.15) is 0 Å². The quantitative estimate of drug-likeness (QED) is 0.577. The third-order valence-corrected chi connectivity index (χ3v) is 4.96. The first-order valence-electron chi connectivity index (χ1n) is 7.55. The van der Waals surface area contributed by atoms with E-state index in [-0.39, 0.29) is 0 Å². The molecule has 1 heterocycles. The summed E-state index contributed by atoms with van der Waals surface area (Å²) in [6.45, 7) is 4.10. The lowest BCUT2D eigenvalue weighted by Crippen LogP contribution is -2.02. The normalized spacial score (nSPS) is 10.8. The van der Waals surface area contributed by atoms with Gasteiger partial charge in [-0.3, -0.25) is 0 Å². The third-order valence-electron chi connectivity index (χ3n) is 4.14. The largest absolute Gasteiger partial charge is 0.496 e. The van der Waals surface area contributed by atoms with E-state index in [1.54, 1.807) is 25.1 Å². The van der Waals surface area contributed by atoms with E-state index in [4.69, 9.17) is 10.5 Å². The van der Waals surface area contributed by atoms with Crippen LogP contribution in [0.2, 0.25) is 0 Å². The van der Waals surface area contributed by atoms with Crippen LogP contribution in [0, 0.1) is 13.8 Å². The Morgan fingerprint density at radius 1 is 1.17 bits per heavy atom. The molecule has 6 heteroatoms.